The average molecular weight is 996 g/mol. The number of halogens is 4. The van der Waals surface area contributed by atoms with Crippen molar-refractivity contribution in [1.82, 2.24) is 0 Å². The molecule has 0 aliphatic heterocycles. The molecule has 0 spiro atoms. The topological polar surface area (TPSA) is 210 Å². The Labute approximate surface area is 400 Å². The van der Waals surface area contributed by atoms with Crippen molar-refractivity contribution in [3.05, 3.63) is 117 Å². The minimum Gasteiger partial charge on any atom is -0.508 e. The Kier molecular flexibility index (Phi) is 25.5. The maximum Gasteiger partial charge on any atom is 0.335 e. The van der Waals surface area contributed by atoms with Crippen molar-refractivity contribution in [2.45, 2.75) is 77.3 Å². The molecule has 20 heteroatoms. The van der Waals surface area contributed by atoms with Gasteiger partial charge in [-0.15, -0.1) is 0 Å². The SMILES string of the molecule is COC(=O)[C@H](Cc1cccc(O)c1)OC(C)C.COC(=O)[C@H](Cc1cccc(OC[C@H](F)COc2ccc(Cl)cc2C#N)c1)OC(C)C.CS(=O)(=O)OC[C@H](F)COc1ccc(Cl)cc1C#N. The van der Waals surface area contributed by atoms with Crippen LogP contribution >= 0.6 is 23.2 Å². The van der Waals surface area contributed by atoms with Gasteiger partial charge in [0.2, 0.25) is 0 Å². The van der Waals surface area contributed by atoms with Crippen molar-refractivity contribution in [1.29, 1.82) is 10.5 Å². The number of alkyl halides is 2. The molecule has 1 N–H and O–H groups in total. The van der Waals surface area contributed by atoms with Crippen LogP contribution in [0.4, 0.5) is 8.78 Å². The first-order chi connectivity index (χ1) is 31.7. The molecule has 0 unspecified atom stereocenters. The standard InChI is InChI=1S/C23H25ClFNO5.C13H18O4.C11H11ClFNO4S/c1-15(2)31-22(23(27)28-3)10-16-5-4-6-20(9-16)29-13-19(25)14-30-21-8-7-18(24)11-17(21)12-26;1-9(2)17-12(13(15)16-3)8-10-5-4-6-11(14)7-10;1-19(15,16)18-7-10(13)6-17-11-3-2-9(12)4-8(11)5-14/h4-9,11,15,19,22H,10,13-14H2,1-3H3;4-7,9,12,14H,8H2,1-3H3;2-4,10H,6-7H2,1H3/t19-,22-;12-;10-/m001/s1. The molecule has 0 heterocycles. The number of esters is 2. The van der Waals surface area contributed by atoms with Gasteiger partial charge in [-0.25, -0.2) is 18.4 Å². The van der Waals surface area contributed by atoms with Gasteiger partial charge in [-0.1, -0.05) is 47.5 Å². The van der Waals surface area contributed by atoms with E-state index in [2.05, 4.69) is 8.92 Å². The third-order valence-corrected chi connectivity index (χ3v) is 9.34. The maximum absolute atomic E-state index is 14.3. The number of aromatic hydroxyl groups is 1. The second-order valence-corrected chi connectivity index (χ2v) is 17.3. The molecule has 0 fully saturated rings. The summed E-state index contributed by atoms with van der Waals surface area (Å²) in [6.45, 7) is 5.83. The average Bonchev–Trinajstić information content (AvgIpc) is 3.28. The minimum absolute atomic E-state index is 0.0589. The first-order valence-electron chi connectivity index (χ1n) is 20.4. The minimum atomic E-state index is -3.69. The van der Waals surface area contributed by atoms with Crippen LogP contribution in [0.5, 0.6) is 23.0 Å². The summed E-state index contributed by atoms with van der Waals surface area (Å²) in [5, 5.41) is 28.0. The summed E-state index contributed by atoms with van der Waals surface area (Å²) in [6.07, 6.45) is -3.10. The fraction of sp³-hybridized carbons (Fsp3) is 0.404. The Morgan fingerprint density at radius 2 is 1.09 bits per heavy atom. The van der Waals surface area contributed by atoms with Crippen LogP contribution in [0.1, 0.15) is 49.9 Å². The van der Waals surface area contributed by atoms with Gasteiger partial charge >= 0.3 is 11.9 Å². The van der Waals surface area contributed by atoms with E-state index in [0.29, 0.717) is 28.6 Å². The summed E-state index contributed by atoms with van der Waals surface area (Å²) in [4.78, 5) is 23.5. The zero-order chi connectivity index (χ0) is 50.1. The smallest absolute Gasteiger partial charge is 0.335 e. The number of nitriles is 2. The van der Waals surface area contributed by atoms with Crippen molar-refractivity contribution in [3.8, 4) is 35.1 Å². The van der Waals surface area contributed by atoms with Crippen molar-refractivity contribution in [2.24, 2.45) is 0 Å². The van der Waals surface area contributed by atoms with E-state index in [-0.39, 0.29) is 53.8 Å². The molecule has 0 aliphatic rings. The quantitative estimate of drug-likeness (QED) is 0.0580. The van der Waals surface area contributed by atoms with Gasteiger partial charge in [-0.3, -0.25) is 4.18 Å². The Morgan fingerprint density at radius 3 is 1.51 bits per heavy atom. The van der Waals surface area contributed by atoms with Crippen LogP contribution in [0, 0.1) is 22.7 Å². The summed E-state index contributed by atoms with van der Waals surface area (Å²) < 4.78 is 89.8. The molecule has 4 aromatic carbocycles. The molecule has 0 aliphatic carbocycles. The Hall–Kier alpha value is -5.73. The summed E-state index contributed by atoms with van der Waals surface area (Å²) in [6, 6.07) is 26.4. The number of hydrogen-bond donors (Lipinski definition) is 1. The summed E-state index contributed by atoms with van der Waals surface area (Å²) >= 11 is 11.5. The molecule has 0 saturated heterocycles. The fourth-order valence-corrected chi connectivity index (χ4v) is 6.18. The van der Waals surface area contributed by atoms with Gasteiger partial charge in [-0.05, 0) is 99.5 Å². The Balaban J connectivity index is 0.000000368. The lowest BCUT2D eigenvalue weighted by Crippen LogP contribution is -2.30. The third kappa shape index (κ3) is 23.5. The molecular formula is C47H54Cl2F2N2O13S. The number of rotatable bonds is 22. The van der Waals surface area contributed by atoms with Crippen LogP contribution in [0.15, 0.2) is 84.9 Å². The van der Waals surface area contributed by atoms with E-state index in [1.165, 1.54) is 44.6 Å². The molecule has 0 saturated carbocycles. The second kappa shape index (κ2) is 29.8. The first kappa shape index (κ1) is 57.4. The number of ether oxygens (including phenoxy) is 7. The largest absolute Gasteiger partial charge is 0.508 e. The van der Waals surface area contributed by atoms with Crippen molar-refractivity contribution >= 4 is 45.3 Å². The molecule has 0 radical (unpaired) electrons. The van der Waals surface area contributed by atoms with Crippen LogP contribution in [0.2, 0.25) is 10.0 Å². The fourth-order valence-electron chi connectivity index (χ4n) is 5.44. The van der Waals surface area contributed by atoms with E-state index in [4.69, 9.17) is 62.1 Å². The number of benzene rings is 4. The van der Waals surface area contributed by atoms with E-state index in [0.717, 1.165) is 17.4 Å². The third-order valence-electron chi connectivity index (χ3n) is 8.31. The molecule has 0 amide bonds. The Bertz CT molecular complexity index is 2380. The highest BCUT2D eigenvalue weighted by atomic mass is 35.5. The zero-order valence-corrected chi connectivity index (χ0v) is 40.3. The van der Waals surface area contributed by atoms with Crippen LogP contribution in [-0.2, 0) is 55.7 Å². The van der Waals surface area contributed by atoms with Crippen LogP contribution in [0.25, 0.3) is 0 Å². The molecule has 4 rings (SSSR count). The van der Waals surface area contributed by atoms with Crippen molar-refractivity contribution in [3.63, 3.8) is 0 Å². The molecule has 0 bridgehead atoms. The van der Waals surface area contributed by atoms with Gasteiger partial charge in [0.1, 0.15) is 61.6 Å². The number of phenolic OH excluding ortho intramolecular Hbond substituents is 1. The monoisotopic (exact) mass is 994 g/mol. The number of hydrogen-bond acceptors (Lipinski definition) is 15. The van der Waals surface area contributed by atoms with Gasteiger partial charge in [0.25, 0.3) is 10.1 Å². The van der Waals surface area contributed by atoms with Crippen LogP contribution < -0.4 is 14.2 Å². The zero-order valence-electron chi connectivity index (χ0n) is 38.0. The number of methoxy groups -OCH3 is 2. The lowest BCUT2D eigenvalue weighted by atomic mass is 10.1. The highest BCUT2D eigenvalue weighted by Crippen LogP contribution is 2.24. The van der Waals surface area contributed by atoms with E-state index in [1.54, 1.807) is 42.5 Å². The second-order valence-electron chi connectivity index (χ2n) is 14.7. The highest BCUT2D eigenvalue weighted by molar-refractivity contribution is 7.85. The van der Waals surface area contributed by atoms with Gasteiger partial charge in [0.15, 0.2) is 24.6 Å². The van der Waals surface area contributed by atoms with Crippen LogP contribution in [0.3, 0.4) is 0 Å². The number of carbonyl (C=O) groups excluding carboxylic acids is 2. The number of nitrogens with zero attached hydrogens (tertiary/aromatic N) is 2. The molecule has 67 heavy (non-hydrogen) atoms. The number of phenols is 1. The van der Waals surface area contributed by atoms with E-state index < -0.39 is 59.8 Å². The summed E-state index contributed by atoms with van der Waals surface area (Å²) in [5.41, 5.74) is 2.03. The van der Waals surface area contributed by atoms with Gasteiger partial charge < -0.3 is 38.3 Å². The lowest BCUT2D eigenvalue weighted by molar-refractivity contribution is -0.157. The Morgan fingerprint density at radius 1 is 0.657 bits per heavy atom. The first-order valence-corrected chi connectivity index (χ1v) is 23.0. The molecular weight excluding hydrogens is 941 g/mol. The predicted octanol–water partition coefficient (Wildman–Crippen LogP) is 8.32. The lowest BCUT2D eigenvalue weighted by Gasteiger charge is -2.18. The van der Waals surface area contributed by atoms with Crippen LogP contribution in [-0.4, -0.2) is 109 Å². The van der Waals surface area contributed by atoms with E-state index in [9.17, 15) is 31.9 Å². The van der Waals surface area contributed by atoms with Crippen molar-refractivity contribution < 1.29 is 69.2 Å². The molecule has 0 aromatic heterocycles. The maximum atomic E-state index is 14.3. The van der Waals surface area contributed by atoms with E-state index in [1.807, 2.05) is 52.0 Å². The van der Waals surface area contributed by atoms with Gasteiger partial charge in [0, 0.05) is 22.9 Å². The normalized spacial score (nSPS) is 12.6. The highest BCUT2D eigenvalue weighted by Gasteiger charge is 2.23. The molecule has 364 valence electrons. The van der Waals surface area contributed by atoms with Gasteiger partial charge in [-0.2, -0.15) is 18.9 Å². The predicted molar refractivity (Wildman–Crippen MR) is 245 cm³/mol. The van der Waals surface area contributed by atoms with Crippen molar-refractivity contribution in [2.75, 3.05) is 46.9 Å². The molecule has 4 atom stereocenters. The summed E-state index contributed by atoms with van der Waals surface area (Å²) in [7, 11) is -1.04. The van der Waals surface area contributed by atoms with E-state index >= 15 is 0 Å². The molecule has 4 aromatic rings. The molecule has 15 nitrogen and oxygen atoms in total. The van der Waals surface area contributed by atoms with Gasteiger partial charge in [0.05, 0.1) is 43.8 Å². The summed E-state index contributed by atoms with van der Waals surface area (Å²) in [5.74, 6) is 0.208. The number of carbonyl (C=O) groups is 2.